The van der Waals surface area contributed by atoms with Crippen molar-refractivity contribution in [3.8, 4) is 0 Å². The van der Waals surface area contributed by atoms with E-state index < -0.39 is 73.0 Å². The molecule has 0 aliphatic carbocycles. The van der Waals surface area contributed by atoms with Crippen LogP contribution in [0.25, 0.3) is 0 Å². The number of carbonyl (C=O) groups is 4. The molecule has 41 heavy (non-hydrogen) atoms. The molecule has 0 saturated carbocycles. The molecule has 224 valence electrons. The van der Waals surface area contributed by atoms with E-state index in [1.54, 1.807) is 81.4 Å². The number of alkyl halides is 3. The van der Waals surface area contributed by atoms with Crippen LogP contribution in [0.3, 0.4) is 0 Å². The van der Waals surface area contributed by atoms with Crippen molar-refractivity contribution < 1.29 is 42.2 Å². The van der Waals surface area contributed by atoms with Crippen molar-refractivity contribution in [1.82, 2.24) is 16.0 Å². The lowest BCUT2D eigenvalue weighted by Crippen LogP contribution is -2.57. The fourth-order valence-electron chi connectivity index (χ4n) is 3.88. The molecule has 0 saturated heterocycles. The average molecular weight is 580 g/mol. The first-order valence-electron chi connectivity index (χ1n) is 13.1. The summed E-state index contributed by atoms with van der Waals surface area (Å²) in [6.07, 6.45) is -7.47. The Morgan fingerprint density at radius 3 is 1.61 bits per heavy atom. The maximum Gasteiger partial charge on any atom is 0.408 e. The number of rotatable bonds is 13. The average Bonchev–Trinajstić information content (AvgIpc) is 2.86. The van der Waals surface area contributed by atoms with E-state index in [1.807, 2.05) is 0 Å². The first-order valence-corrected chi connectivity index (χ1v) is 13.1. The Labute approximate surface area is 236 Å². The van der Waals surface area contributed by atoms with E-state index in [4.69, 9.17) is 4.74 Å². The van der Waals surface area contributed by atoms with Gasteiger partial charge in [-0.25, -0.2) is 9.59 Å². The Balaban J connectivity index is 2.26. The van der Waals surface area contributed by atoms with Gasteiger partial charge in [-0.1, -0.05) is 60.7 Å². The first kappa shape index (κ1) is 33.1. The van der Waals surface area contributed by atoms with Gasteiger partial charge in [0, 0.05) is 19.3 Å². The summed E-state index contributed by atoms with van der Waals surface area (Å²) in [5, 5.41) is 16.9. The molecule has 0 aliphatic heterocycles. The summed E-state index contributed by atoms with van der Waals surface area (Å²) in [5.74, 6) is -3.13. The minimum absolute atomic E-state index is 0.0439. The SMILES string of the molecule is CC(C)(C)OC(=O)NC(Cc1ccccc1)C(=O)NC(Cc1ccccc1)C(=O)NC(CCCC(F)(F)F)C(=O)O. The van der Waals surface area contributed by atoms with E-state index in [9.17, 15) is 37.5 Å². The fourth-order valence-corrected chi connectivity index (χ4v) is 3.88. The molecule has 0 spiro atoms. The smallest absolute Gasteiger partial charge is 0.408 e. The van der Waals surface area contributed by atoms with Crippen LogP contribution in [0.4, 0.5) is 18.0 Å². The summed E-state index contributed by atoms with van der Waals surface area (Å²) in [5.41, 5.74) is 0.505. The number of ether oxygens (including phenoxy) is 1. The lowest BCUT2D eigenvalue weighted by Gasteiger charge is -2.26. The highest BCUT2D eigenvalue weighted by Crippen LogP contribution is 2.22. The van der Waals surface area contributed by atoms with Crippen LogP contribution in [0.2, 0.25) is 0 Å². The molecular formula is C29H36F3N3O6. The number of amides is 3. The van der Waals surface area contributed by atoms with Gasteiger partial charge in [-0.2, -0.15) is 13.2 Å². The first-order chi connectivity index (χ1) is 19.1. The molecule has 2 rings (SSSR count). The summed E-state index contributed by atoms with van der Waals surface area (Å²) in [6.45, 7) is 4.98. The molecule has 4 N–H and O–H groups in total. The molecule has 0 heterocycles. The molecule has 3 unspecified atom stereocenters. The number of carboxylic acid groups (broad SMARTS) is 1. The molecule has 2 aromatic rings. The molecule has 3 amide bonds. The summed E-state index contributed by atoms with van der Waals surface area (Å²) in [6, 6.07) is 13.3. The van der Waals surface area contributed by atoms with Gasteiger partial charge < -0.3 is 25.8 Å². The summed E-state index contributed by atoms with van der Waals surface area (Å²) in [4.78, 5) is 50.9. The molecule has 0 bridgehead atoms. The van der Waals surface area contributed by atoms with Crippen molar-refractivity contribution in [3.63, 3.8) is 0 Å². The van der Waals surface area contributed by atoms with Crippen molar-refractivity contribution in [3.05, 3.63) is 71.8 Å². The second kappa shape index (κ2) is 15.1. The van der Waals surface area contributed by atoms with E-state index in [1.165, 1.54) is 0 Å². The summed E-state index contributed by atoms with van der Waals surface area (Å²) >= 11 is 0. The van der Waals surface area contributed by atoms with Crippen molar-refractivity contribution in [2.24, 2.45) is 0 Å². The number of hydrogen-bond acceptors (Lipinski definition) is 5. The van der Waals surface area contributed by atoms with E-state index >= 15 is 0 Å². The zero-order valence-corrected chi connectivity index (χ0v) is 23.2. The number of carboxylic acids is 1. The van der Waals surface area contributed by atoms with Crippen LogP contribution >= 0.6 is 0 Å². The Morgan fingerprint density at radius 2 is 1.20 bits per heavy atom. The van der Waals surface area contributed by atoms with E-state index in [0.29, 0.717) is 11.1 Å². The van der Waals surface area contributed by atoms with Gasteiger partial charge in [0.15, 0.2) is 0 Å². The number of benzene rings is 2. The third-order valence-corrected chi connectivity index (χ3v) is 5.77. The van der Waals surface area contributed by atoms with Gasteiger partial charge in [0.05, 0.1) is 0 Å². The Bertz CT molecular complexity index is 1150. The van der Waals surface area contributed by atoms with E-state index in [-0.39, 0.29) is 12.8 Å². The number of nitrogens with one attached hydrogen (secondary N) is 3. The maximum absolute atomic E-state index is 13.5. The standard InChI is InChI=1S/C29H36F3N3O6/c1-28(2,3)41-27(40)35-23(18-20-13-8-5-9-14-20)25(37)34-22(17-19-11-6-4-7-12-19)24(36)33-21(26(38)39)15-10-16-29(30,31)32/h4-9,11-14,21-23H,10,15-18H2,1-3H3,(H,33,36)(H,34,37)(H,35,40)(H,38,39). The van der Waals surface area contributed by atoms with Gasteiger partial charge in [-0.05, 0) is 44.7 Å². The Kier molecular flexibility index (Phi) is 12.2. The van der Waals surface area contributed by atoms with Gasteiger partial charge in [0.25, 0.3) is 0 Å². The van der Waals surface area contributed by atoms with Crippen LogP contribution in [0.1, 0.15) is 51.2 Å². The minimum Gasteiger partial charge on any atom is -0.480 e. The second-order valence-electron chi connectivity index (χ2n) is 10.5. The summed E-state index contributed by atoms with van der Waals surface area (Å²) in [7, 11) is 0. The highest BCUT2D eigenvalue weighted by atomic mass is 19.4. The van der Waals surface area contributed by atoms with Crippen LogP contribution in [-0.4, -0.2) is 58.9 Å². The van der Waals surface area contributed by atoms with Gasteiger partial charge in [-0.15, -0.1) is 0 Å². The second-order valence-corrected chi connectivity index (χ2v) is 10.5. The zero-order chi connectivity index (χ0) is 30.6. The molecule has 12 heteroatoms. The molecule has 0 radical (unpaired) electrons. The van der Waals surface area contributed by atoms with Crippen LogP contribution in [0, 0.1) is 0 Å². The Morgan fingerprint density at radius 1 is 0.756 bits per heavy atom. The van der Waals surface area contributed by atoms with Gasteiger partial charge in [-0.3, -0.25) is 9.59 Å². The monoisotopic (exact) mass is 579 g/mol. The Hall–Kier alpha value is -4.09. The predicted octanol–water partition coefficient (Wildman–Crippen LogP) is 4.15. The van der Waals surface area contributed by atoms with E-state index in [2.05, 4.69) is 16.0 Å². The summed E-state index contributed by atoms with van der Waals surface area (Å²) < 4.78 is 43.0. The number of carbonyl (C=O) groups excluding carboxylic acids is 3. The van der Waals surface area contributed by atoms with Crippen LogP contribution in [0.15, 0.2) is 60.7 Å². The number of alkyl carbamates (subject to hydrolysis) is 1. The normalized spacial score (nSPS) is 13.8. The predicted molar refractivity (Wildman–Crippen MR) is 145 cm³/mol. The van der Waals surface area contributed by atoms with Gasteiger partial charge >= 0.3 is 18.2 Å². The van der Waals surface area contributed by atoms with Crippen molar-refractivity contribution in [2.45, 2.75) is 82.8 Å². The lowest BCUT2D eigenvalue weighted by molar-refractivity contribution is -0.145. The highest BCUT2D eigenvalue weighted by Gasteiger charge is 2.32. The maximum atomic E-state index is 13.5. The third kappa shape index (κ3) is 13.2. The van der Waals surface area contributed by atoms with Crippen LogP contribution in [0.5, 0.6) is 0 Å². The molecule has 2 aromatic carbocycles. The van der Waals surface area contributed by atoms with Crippen molar-refractivity contribution in [1.29, 1.82) is 0 Å². The largest absolute Gasteiger partial charge is 0.480 e. The minimum atomic E-state index is -4.47. The molecular weight excluding hydrogens is 543 g/mol. The molecule has 0 fully saturated rings. The number of hydrogen-bond donors (Lipinski definition) is 4. The van der Waals surface area contributed by atoms with Crippen LogP contribution < -0.4 is 16.0 Å². The van der Waals surface area contributed by atoms with Gasteiger partial charge in [0.1, 0.15) is 23.7 Å². The lowest BCUT2D eigenvalue weighted by atomic mass is 10.0. The van der Waals surface area contributed by atoms with Crippen molar-refractivity contribution in [2.75, 3.05) is 0 Å². The molecule has 3 atom stereocenters. The molecule has 0 aliphatic rings. The number of aliphatic carboxylic acids is 1. The number of halogens is 3. The molecule has 9 nitrogen and oxygen atoms in total. The fraction of sp³-hybridized carbons (Fsp3) is 0.448. The molecule has 0 aromatic heterocycles. The van der Waals surface area contributed by atoms with Gasteiger partial charge in [0.2, 0.25) is 11.8 Å². The van der Waals surface area contributed by atoms with E-state index in [0.717, 1.165) is 0 Å². The van der Waals surface area contributed by atoms with Crippen molar-refractivity contribution >= 4 is 23.9 Å². The third-order valence-electron chi connectivity index (χ3n) is 5.77. The van der Waals surface area contributed by atoms with Crippen LogP contribution in [-0.2, 0) is 32.0 Å². The topological polar surface area (TPSA) is 134 Å². The highest BCUT2D eigenvalue weighted by molar-refractivity contribution is 5.93. The quantitative estimate of drug-likeness (QED) is 0.282. The zero-order valence-electron chi connectivity index (χ0n) is 23.2.